The third-order valence-corrected chi connectivity index (χ3v) is 8.48. The Labute approximate surface area is 198 Å². The zero-order chi connectivity index (χ0) is 23.6. The van der Waals surface area contributed by atoms with E-state index >= 15 is 0 Å². The third-order valence-electron chi connectivity index (χ3n) is 6.69. The molecule has 0 radical (unpaired) electrons. The Kier molecular flexibility index (Phi) is 7.31. The van der Waals surface area contributed by atoms with Crippen molar-refractivity contribution in [2.75, 3.05) is 24.1 Å². The fourth-order valence-electron chi connectivity index (χ4n) is 4.75. The molecule has 1 fully saturated rings. The van der Waals surface area contributed by atoms with Gasteiger partial charge in [0.05, 0.1) is 10.6 Å². The number of sulfonamides is 1. The molecular formula is C26H36N2O4S. The van der Waals surface area contributed by atoms with E-state index in [0.29, 0.717) is 30.3 Å². The molecule has 2 aromatic carbocycles. The molecule has 33 heavy (non-hydrogen) atoms. The summed E-state index contributed by atoms with van der Waals surface area (Å²) in [5, 5.41) is 0. The van der Waals surface area contributed by atoms with E-state index in [4.69, 9.17) is 15.2 Å². The lowest BCUT2D eigenvalue weighted by Crippen LogP contribution is -2.38. The van der Waals surface area contributed by atoms with Crippen LogP contribution in [-0.2, 0) is 21.2 Å². The van der Waals surface area contributed by atoms with Gasteiger partial charge in [0.1, 0.15) is 11.9 Å². The van der Waals surface area contributed by atoms with Crippen LogP contribution in [0.1, 0.15) is 57.2 Å². The van der Waals surface area contributed by atoms with Crippen molar-refractivity contribution in [3.63, 3.8) is 0 Å². The monoisotopic (exact) mass is 472 g/mol. The molecule has 0 aromatic heterocycles. The van der Waals surface area contributed by atoms with E-state index in [9.17, 15) is 8.42 Å². The van der Waals surface area contributed by atoms with Crippen molar-refractivity contribution in [3.05, 3.63) is 53.6 Å². The maximum atomic E-state index is 13.8. The molecule has 0 saturated carbocycles. The van der Waals surface area contributed by atoms with Gasteiger partial charge in [-0.05, 0) is 61.1 Å². The van der Waals surface area contributed by atoms with Crippen LogP contribution in [0.3, 0.4) is 0 Å². The second kappa shape index (κ2) is 10.0. The molecule has 180 valence electrons. The van der Waals surface area contributed by atoms with Gasteiger partial charge >= 0.3 is 0 Å². The van der Waals surface area contributed by atoms with Gasteiger partial charge in [0.15, 0.2) is 0 Å². The first kappa shape index (κ1) is 24.0. The molecule has 6 nitrogen and oxygen atoms in total. The average Bonchev–Trinajstić information content (AvgIpc) is 2.82. The molecule has 2 aliphatic rings. The van der Waals surface area contributed by atoms with Crippen molar-refractivity contribution in [1.82, 2.24) is 0 Å². The number of aryl methyl sites for hydroxylation is 1. The van der Waals surface area contributed by atoms with Crippen LogP contribution in [0.2, 0.25) is 0 Å². The number of anilines is 1. The summed E-state index contributed by atoms with van der Waals surface area (Å²) >= 11 is 0. The van der Waals surface area contributed by atoms with Gasteiger partial charge < -0.3 is 15.2 Å². The summed E-state index contributed by atoms with van der Waals surface area (Å²) < 4.78 is 40.8. The molecule has 0 bridgehead atoms. The Hall–Kier alpha value is -2.09. The number of nitrogens with two attached hydrogens (primary N) is 1. The minimum Gasteiger partial charge on any atom is -0.490 e. The molecule has 0 aliphatic carbocycles. The highest BCUT2D eigenvalue weighted by atomic mass is 32.2. The van der Waals surface area contributed by atoms with Gasteiger partial charge in [0, 0.05) is 43.7 Å². The van der Waals surface area contributed by atoms with Crippen LogP contribution >= 0.6 is 0 Å². The molecule has 2 unspecified atom stereocenters. The van der Waals surface area contributed by atoms with Gasteiger partial charge in [-0.1, -0.05) is 32.9 Å². The lowest BCUT2D eigenvalue weighted by molar-refractivity contribution is 0.00725. The van der Waals surface area contributed by atoms with Crippen molar-refractivity contribution in [2.45, 2.75) is 63.5 Å². The highest BCUT2D eigenvalue weighted by Crippen LogP contribution is 2.39. The summed E-state index contributed by atoms with van der Waals surface area (Å²) in [6.45, 7) is 8.05. The van der Waals surface area contributed by atoms with E-state index < -0.39 is 10.0 Å². The summed E-state index contributed by atoms with van der Waals surface area (Å²) in [6, 6.07) is 12.7. The highest BCUT2D eigenvalue weighted by molar-refractivity contribution is 7.92. The van der Waals surface area contributed by atoms with Gasteiger partial charge in [-0.3, -0.25) is 4.31 Å². The number of benzene rings is 2. The maximum absolute atomic E-state index is 13.8. The van der Waals surface area contributed by atoms with Crippen molar-refractivity contribution in [2.24, 2.45) is 17.6 Å². The molecule has 7 heteroatoms. The summed E-state index contributed by atoms with van der Waals surface area (Å²) in [6.07, 6.45) is 3.60. The van der Waals surface area contributed by atoms with Crippen LogP contribution in [-0.4, -0.2) is 34.3 Å². The van der Waals surface area contributed by atoms with Gasteiger partial charge in [0.2, 0.25) is 0 Å². The van der Waals surface area contributed by atoms with Crippen LogP contribution in [0.25, 0.3) is 0 Å². The van der Waals surface area contributed by atoms with Crippen LogP contribution in [0.15, 0.2) is 47.4 Å². The van der Waals surface area contributed by atoms with E-state index in [0.717, 1.165) is 38.0 Å². The summed E-state index contributed by atoms with van der Waals surface area (Å²) in [5.74, 6) is 1.30. The van der Waals surface area contributed by atoms with Crippen molar-refractivity contribution in [1.29, 1.82) is 0 Å². The van der Waals surface area contributed by atoms with E-state index in [1.165, 1.54) is 9.87 Å². The zero-order valence-corrected chi connectivity index (χ0v) is 20.7. The minimum atomic E-state index is -3.75. The number of fused-ring (bicyclic) bond motifs is 1. The highest BCUT2D eigenvalue weighted by Gasteiger charge is 2.34. The van der Waals surface area contributed by atoms with Crippen LogP contribution in [0.5, 0.6) is 5.75 Å². The summed E-state index contributed by atoms with van der Waals surface area (Å²) in [4.78, 5) is 0.255. The number of hydrogen-bond acceptors (Lipinski definition) is 5. The fraction of sp³-hybridized carbons (Fsp3) is 0.538. The third kappa shape index (κ3) is 5.20. The molecule has 2 aromatic rings. The number of rotatable bonds is 7. The quantitative estimate of drug-likeness (QED) is 0.633. The predicted octanol–water partition coefficient (Wildman–Crippen LogP) is 4.68. The van der Waals surface area contributed by atoms with Crippen LogP contribution in [0.4, 0.5) is 5.69 Å². The van der Waals surface area contributed by atoms with Crippen molar-refractivity contribution >= 4 is 15.7 Å². The van der Waals surface area contributed by atoms with Gasteiger partial charge in [0.25, 0.3) is 10.0 Å². The normalized spacial score (nSPS) is 21.5. The average molecular weight is 473 g/mol. The Bertz CT molecular complexity index is 1050. The Morgan fingerprint density at radius 1 is 1.09 bits per heavy atom. The zero-order valence-electron chi connectivity index (χ0n) is 19.9. The Balaban J connectivity index is 1.63. The lowest BCUT2D eigenvalue weighted by atomic mass is 9.86. The molecule has 0 amide bonds. The molecule has 2 aliphatic heterocycles. The van der Waals surface area contributed by atoms with E-state index in [1.54, 1.807) is 18.2 Å². The van der Waals surface area contributed by atoms with E-state index in [1.807, 2.05) is 38.1 Å². The predicted molar refractivity (Wildman–Crippen MR) is 131 cm³/mol. The molecule has 2 N–H and O–H groups in total. The van der Waals surface area contributed by atoms with Crippen LogP contribution < -0.4 is 14.8 Å². The van der Waals surface area contributed by atoms with E-state index in [2.05, 4.69) is 6.92 Å². The van der Waals surface area contributed by atoms with Crippen molar-refractivity contribution in [3.8, 4) is 5.75 Å². The minimum absolute atomic E-state index is 0.0494. The summed E-state index contributed by atoms with van der Waals surface area (Å²) in [5.41, 5.74) is 9.16. The Morgan fingerprint density at radius 3 is 2.42 bits per heavy atom. The molecule has 2 heterocycles. The van der Waals surface area contributed by atoms with Gasteiger partial charge in [-0.15, -0.1) is 0 Å². The number of ether oxygens (including phenoxy) is 2. The first-order chi connectivity index (χ1) is 15.8. The molecular weight excluding hydrogens is 436 g/mol. The smallest absolute Gasteiger partial charge is 0.264 e. The van der Waals surface area contributed by atoms with Gasteiger partial charge in [-0.25, -0.2) is 8.42 Å². The first-order valence-corrected chi connectivity index (χ1v) is 13.5. The first-order valence-electron chi connectivity index (χ1n) is 12.0. The van der Waals surface area contributed by atoms with Gasteiger partial charge in [-0.2, -0.15) is 0 Å². The SMILES string of the molecule is CCc1ccc(N(CC(C)C)S(=O)(=O)c2ccc3c(c2)C(N)CC(C2CCOCC2)O3)cc1. The van der Waals surface area contributed by atoms with E-state index in [-0.39, 0.29) is 23.0 Å². The fourth-order valence-corrected chi connectivity index (χ4v) is 6.41. The van der Waals surface area contributed by atoms with Crippen molar-refractivity contribution < 1.29 is 17.9 Å². The standard InChI is InChI=1S/C26H36N2O4S/c1-4-19-5-7-21(8-6-19)28(17-18(2)3)33(29,30)22-9-10-25-23(15-22)24(27)16-26(32-25)20-11-13-31-14-12-20/h5-10,15,18,20,24,26H,4,11-14,16-17,27H2,1-3H3. The molecule has 4 rings (SSSR count). The Morgan fingerprint density at radius 2 is 1.79 bits per heavy atom. The molecule has 2 atom stereocenters. The van der Waals surface area contributed by atoms with Crippen LogP contribution in [0, 0.1) is 11.8 Å². The second-order valence-electron chi connectivity index (χ2n) is 9.60. The lowest BCUT2D eigenvalue weighted by Gasteiger charge is -2.37. The number of nitrogens with zero attached hydrogens (tertiary/aromatic N) is 1. The molecule has 1 saturated heterocycles. The second-order valence-corrected chi connectivity index (χ2v) is 11.5. The molecule has 0 spiro atoms. The topological polar surface area (TPSA) is 81.9 Å². The maximum Gasteiger partial charge on any atom is 0.264 e. The summed E-state index contributed by atoms with van der Waals surface area (Å²) in [7, 11) is -3.75. The number of hydrogen-bond donors (Lipinski definition) is 1. The largest absolute Gasteiger partial charge is 0.490 e.